The first-order valence-electron chi connectivity index (χ1n) is 17.5. The molecule has 1 atom stereocenters. The van der Waals surface area contributed by atoms with Crippen molar-refractivity contribution >= 4 is 28.6 Å². The molecule has 0 saturated heterocycles. The molecule has 0 aliphatic carbocycles. The number of phenolic OH excluding ortho intramolecular Hbond substituents is 4. The Morgan fingerprint density at radius 3 is 1.88 bits per heavy atom. The zero-order valence-electron chi connectivity index (χ0n) is 28.2. The Bertz CT molecular complexity index is 2560. The van der Waals surface area contributed by atoms with Gasteiger partial charge >= 0.3 is 0 Å². The van der Waals surface area contributed by atoms with Gasteiger partial charge in [-0.3, -0.25) is 9.98 Å². The summed E-state index contributed by atoms with van der Waals surface area (Å²) in [5.41, 5.74) is 8.47. The van der Waals surface area contributed by atoms with Crippen molar-refractivity contribution in [1.29, 1.82) is 0 Å². The second-order valence-electron chi connectivity index (χ2n) is 13.7. The second-order valence-corrected chi connectivity index (χ2v) is 13.7. The van der Waals surface area contributed by atoms with Gasteiger partial charge in [0.2, 0.25) is 0 Å². The topological polar surface area (TPSA) is 137 Å². The first-order valence-corrected chi connectivity index (χ1v) is 17.5. The van der Waals surface area contributed by atoms with Crippen molar-refractivity contribution in [3.63, 3.8) is 0 Å². The maximum absolute atomic E-state index is 11.0. The number of nitrogens with zero attached hydrogens (tertiary/aromatic N) is 2. The van der Waals surface area contributed by atoms with E-state index in [0.717, 1.165) is 79.0 Å². The number of hydrogen-bond donors (Lipinski definition) is 6. The van der Waals surface area contributed by atoms with E-state index in [-0.39, 0.29) is 29.0 Å². The molecule has 3 aliphatic rings. The lowest BCUT2D eigenvalue weighted by atomic mass is 9.66. The van der Waals surface area contributed by atoms with Crippen molar-refractivity contribution in [2.75, 3.05) is 0 Å². The maximum atomic E-state index is 11.0. The van der Waals surface area contributed by atoms with Gasteiger partial charge in [0, 0.05) is 44.7 Å². The Balaban J connectivity index is 1.41. The number of aromatic nitrogens is 2. The largest absolute Gasteiger partial charge is 0.508 e. The van der Waals surface area contributed by atoms with Crippen LogP contribution < -0.4 is 10.7 Å². The van der Waals surface area contributed by atoms with E-state index in [0.29, 0.717) is 19.3 Å². The smallest absolute Gasteiger partial charge is 0.116 e. The SMILES string of the molecule is Oc1cccc(C2=C3CCC(=N3)C=c3ccc([nH]3)=C(c3cccc(O)c3)C3=NC(CC3)C(c3cccc(O)c3)(c3cccc(O)c3)c3ccc2[nH]3)c1. The average molecular weight is 685 g/mol. The van der Waals surface area contributed by atoms with E-state index in [9.17, 15) is 20.4 Å². The number of nitrogens with one attached hydrogen (secondary N) is 2. The lowest BCUT2D eigenvalue weighted by Crippen LogP contribution is -2.40. The summed E-state index contributed by atoms with van der Waals surface area (Å²) in [5.74, 6) is 0.574. The predicted molar refractivity (Wildman–Crippen MR) is 203 cm³/mol. The van der Waals surface area contributed by atoms with Gasteiger partial charge in [-0.15, -0.1) is 0 Å². The molecule has 3 aliphatic heterocycles. The summed E-state index contributed by atoms with van der Waals surface area (Å²) >= 11 is 0. The third-order valence-corrected chi connectivity index (χ3v) is 10.5. The van der Waals surface area contributed by atoms with Crippen LogP contribution in [0.15, 0.2) is 137 Å². The zero-order valence-corrected chi connectivity index (χ0v) is 28.2. The van der Waals surface area contributed by atoms with Crippen molar-refractivity contribution in [1.82, 2.24) is 9.97 Å². The number of allylic oxidation sites excluding steroid dienone is 1. The first kappa shape index (κ1) is 31.4. The van der Waals surface area contributed by atoms with Crippen LogP contribution in [0, 0.1) is 0 Å². The lowest BCUT2D eigenvalue weighted by Gasteiger charge is -2.38. The highest BCUT2D eigenvalue weighted by atomic mass is 16.3. The van der Waals surface area contributed by atoms with Gasteiger partial charge in [0.25, 0.3) is 0 Å². The van der Waals surface area contributed by atoms with E-state index in [1.54, 1.807) is 48.5 Å². The van der Waals surface area contributed by atoms with Crippen LogP contribution in [0.5, 0.6) is 23.0 Å². The summed E-state index contributed by atoms with van der Waals surface area (Å²) in [7, 11) is 0. The van der Waals surface area contributed by atoms with Gasteiger partial charge in [-0.25, -0.2) is 0 Å². The predicted octanol–water partition coefficient (Wildman–Crippen LogP) is 6.79. The van der Waals surface area contributed by atoms with Crippen molar-refractivity contribution in [2.45, 2.75) is 37.1 Å². The average Bonchev–Trinajstić information content (AvgIpc) is 3.96. The quantitative estimate of drug-likeness (QED) is 0.122. The fourth-order valence-electron chi connectivity index (χ4n) is 8.33. The molecule has 4 aromatic carbocycles. The number of hydrogen-bond acceptors (Lipinski definition) is 6. The summed E-state index contributed by atoms with van der Waals surface area (Å²) in [6.07, 6.45) is 4.83. The van der Waals surface area contributed by atoms with Crippen LogP contribution in [0.25, 0.3) is 17.2 Å². The van der Waals surface area contributed by atoms with E-state index in [2.05, 4.69) is 34.2 Å². The first-order chi connectivity index (χ1) is 25.3. The van der Waals surface area contributed by atoms with Crippen LogP contribution in [0.1, 0.15) is 59.3 Å². The third kappa shape index (κ3) is 5.31. The number of benzene rings is 4. The molecule has 5 heterocycles. The normalized spacial score (nSPS) is 17.8. The van der Waals surface area contributed by atoms with Gasteiger partial charge in [-0.2, -0.15) is 0 Å². The molecule has 9 rings (SSSR count). The molecule has 6 aromatic rings. The molecule has 1 unspecified atom stereocenters. The molecule has 2 aromatic heterocycles. The Morgan fingerprint density at radius 2 is 1.23 bits per heavy atom. The highest BCUT2D eigenvalue weighted by Gasteiger charge is 2.47. The number of aliphatic imine (C=N–C) groups is 2. The van der Waals surface area contributed by atoms with Crippen molar-refractivity contribution in [2.24, 2.45) is 9.98 Å². The Hall–Kier alpha value is -6.54. The summed E-state index contributed by atoms with van der Waals surface area (Å²) < 4.78 is 0. The highest BCUT2D eigenvalue weighted by Crippen LogP contribution is 2.49. The zero-order chi connectivity index (χ0) is 35.4. The summed E-state index contributed by atoms with van der Waals surface area (Å²) in [6, 6.07) is 36.9. The third-order valence-electron chi connectivity index (χ3n) is 10.5. The molecule has 0 amide bonds. The van der Waals surface area contributed by atoms with Gasteiger partial charge in [0.15, 0.2) is 0 Å². The molecule has 0 spiro atoms. The van der Waals surface area contributed by atoms with E-state index in [4.69, 9.17) is 9.98 Å². The summed E-state index contributed by atoms with van der Waals surface area (Å²) in [6.45, 7) is 0. The summed E-state index contributed by atoms with van der Waals surface area (Å²) in [4.78, 5) is 18.2. The standard InChI is InChI=1S/C44H36N4O4/c49-32-9-1-5-26(21-32)42-36-15-13-30(45-36)25-31-14-16-37(46-31)43(27-6-2-10-33(50)22-27)39-18-20-41(48-39)44(40-19-17-38(42)47-40,28-7-3-11-34(51)23-28)29-8-4-12-35(52)24-29/h1-13,15,18,20-25,40,45,48-52H,14,16-17,19H2. The molecule has 0 saturated carbocycles. The molecule has 8 nitrogen and oxygen atoms in total. The monoisotopic (exact) mass is 684 g/mol. The van der Waals surface area contributed by atoms with Crippen LogP contribution in [0.4, 0.5) is 0 Å². The van der Waals surface area contributed by atoms with Crippen LogP contribution in [-0.2, 0) is 5.41 Å². The van der Waals surface area contributed by atoms with Crippen LogP contribution in [0.3, 0.4) is 0 Å². The maximum Gasteiger partial charge on any atom is 0.116 e. The summed E-state index contributed by atoms with van der Waals surface area (Å²) in [5, 5.41) is 44.9. The molecular weight excluding hydrogens is 649 g/mol. The van der Waals surface area contributed by atoms with E-state index < -0.39 is 5.41 Å². The van der Waals surface area contributed by atoms with Gasteiger partial charge < -0.3 is 30.4 Å². The fraction of sp³-hybridized carbons (Fsp3) is 0.136. The molecule has 0 radical (unpaired) electrons. The van der Waals surface area contributed by atoms with E-state index in [1.807, 2.05) is 54.6 Å². The molecule has 6 N–H and O–H groups in total. The Morgan fingerprint density at radius 1 is 0.596 bits per heavy atom. The number of rotatable bonds is 4. The van der Waals surface area contributed by atoms with Gasteiger partial charge in [0.1, 0.15) is 23.0 Å². The Labute approximate surface area is 299 Å². The minimum atomic E-state index is -0.994. The van der Waals surface area contributed by atoms with Crippen molar-refractivity contribution < 1.29 is 20.4 Å². The van der Waals surface area contributed by atoms with Crippen LogP contribution >= 0.6 is 0 Å². The van der Waals surface area contributed by atoms with E-state index >= 15 is 0 Å². The lowest BCUT2D eigenvalue weighted by molar-refractivity contribution is 0.445. The number of fused-ring (bicyclic) bond motifs is 6. The molecule has 8 bridgehead atoms. The molecule has 0 fully saturated rings. The molecular formula is C44H36N4O4. The minimum Gasteiger partial charge on any atom is -0.508 e. The van der Waals surface area contributed by atoms with Crippen LogP contribution in [-0.4, -0.2) is 47.9 Å². The minimum absolute atomic E-state index is 0.121. The second kappa shape index (κ2) is 12.3. The van der Waals surface area contributed by atoms with Crippen molar-refractivity contribution in [3.8, 4) is 23.0 Å². The molecule has 52 heavy (non-hydrogen) atoms. The van der Waals surface area contributed by atoms with Crippen molar-refractivity contribution in [3.05, 3.63) is 171 Å². The van der Waals surface area contributed by atoms with E-state index in [1.165, 1.54) is 0 Å². The Kier molecular flexibility index (Phi) is 7.47. The van der Waals surface area contributed by atoms with Gasteiger partial charge in [-0.05, 0) is 127 Å². The fourth-order valence-corrected chi connectivity index (χ4v) is 8.33. The highest BCUT2D eigenvalue weighted by molar-refractivity contribution is 6.24. The number of aromatic hydroxyl groups is 4. The number of phenols is 4. The van der Waals surface area contributed by atoms with Gasteiger partial charge in [-0.1, -0.05) is 48.5 Å². The molecule has 256 valence electrons. The van der Waals surface area contributed by atoms with Crippen LogP contribution in [0.2, 0.25) is 0 Å². The number of H-pyrrole nitrogens is 2. The van der Waals surface area contributed by atoms with Gasteiger partial charge in [0.05, 0.1) is 17.2 Å². The number of aromatic amines is 2. The molecule has 8 heteroatoms.